The molecule has 0 saturated carbocycles. The lowest BCUT2D eigenvalue weighted by Gasteiger charge is -2.27. The van der Waals surface area contributed by atoms with E-state index in [0.29, 0.717) is 12.2 Å². The number of nitrogens with zero attached hydrogens (tertiary/aromatic N) is 1. The third kappa shape index (κ3) is 3.86. The molecule has 8 heteroatoms. The van der Waals surface area contributed by atoms with Crippen LogP contribution in [0.3, 0.4) is 0 Å². The summed E-state index contributed by atoms with van der Waals surface area (Å²) in [7, 11) is 1.39. The minimum atomic E-state index is -0.913. The van der Waals surface area contributed by atoms with Crippen molar-refractivity contribution in [3.63, 3.8) is 0 Å². The number of carbonyl (C=O) groups excluding carboxylic acids is 2. The Morgan fingerprint density at radius 1 is 1.23 bits per heavy atom. The highest BCUT2D eigenvalue weighted by molar-refractivity contribution is 6.46. The number of Topliss-reactive ketones (excluding diaryl/α,β-unsaturated/α-hetero) is 1. The summed E-state index contributed by atoms with van der Waals surface area (Å²) in [5.74, 6) is -2.41. The monoisotopic (exact) mass is 427 g/mol. The summed E-state index contributed by atoms with van der Waals surface area (Å²) in [5.41, 5.74) is 0.588. The van der Waals surface area contributed by atoms with E-state index in [1.165, 1.54) is 36.3 Å². The van der Waals surface area contributed by atoms with Gasteiger partial charge in [-0.25, -0.2) is 4.39 Å². The molecule has 0 bridgehead atoms. The Morgan fingerprint density at radius 2 is 1.97 bits per heavy atom. The summed E-state index contributed by atoms with van der Waals surface area (Å²) >= 11 is 0. The first-order valence-corrected chi connectivity index (χ1v) is 9.93. The van der Waals surface area contributed by atoms with Crippen molar-refractivity contribution in [2.75, 3.05) is 20.3 Å². The molecule has 7 nitrogen and oxygen atoms in total. The van der Waals surface area contributed by atoms with Crippen LogP contribution in [0.25, 0.3) is 5.76 Å². The number of aliphatic hydroxyl groups is 1. The van der Waals surface area contributed by atoms with Gasteiger partial charge in [0.1, 0.15) is 11.6 Å². The molecule has 0 aromatic heterocycles. The molecule has 2 aliphatic heterocycles. The molecule has 2 aromatic rings. The van der Waals surface area contributed by atoms with E-state index in [2.05, 4.69) is 0 Å². The van der Waals surface area contributed by atoms with Gasteiger partial charge in [0.2, 0.25) is 0 Å². The fourth-order valence-electron chi connectivity index (χ4n) is 4.05. The van der Waals surface area contributed by atoms with E-state index in [1.807, 2.05) is 0 Å². The first-order valence-electron chi connectivity index (χ1n) is 9.93. The molecule has 0 radical (unpaired) electrons. The number of benzene rings is 2. The number of hydrogen-bond donors (Lipinski definition) is 2. The molecule has 2 N–H and O–H groups in total. The lowest BCUT2D eigenvalue weighted by molar-refractivity contribution is -0.140. The predicted molar refractivity (Wildman–Crippen MR) is 109 cm³/mol. The zero-order valence-electron chi connectivity index (χ0n) is 16.9. The molecule has 31 heavy (non-hydrogen) atoms. The minimum Gasteiger partial charge on any atom is -0.507 e. The Hall–Kier alpha value is -3.39. The number of phenolic OH excluding ortho intramolecular Hbond substituents is 1. The van der Waals surface area contributed by atoms with Crippen molar-refractivity contribution in [3.05, 3.63) is 65.0 Å². The second kappa shape index (κ2) is 8.39. The van der Waals surface area contributed by atoms with Gasteiger partial charge >= 0.3 is 0 Å². The second-order valence-corrected chi connectivity index (χ2v) is 7.52. The van der Waals surface area contributed by atoms with Crippen LogP contribution in [0.2, 0.25) is 0 Å². The molecule has 162 valence electrons. The molecule has 1 amide bonds. The van der Waals surface area contributed by atoms with E-state index in [1.54, 1.807) is 6.07 Å². The maximum absolute atomic E-state index is 13.3. The molecular formula is C23H22FNO6. The zero-order valence-corrected chi connectivity index (χ0v) is 16.9. The van der Waals surface area contributed by atoms with Gasteiger partial charge in [-0.2, -0.15) is 0 Å². The Morgan fingerprint density at radius 3 is 2.61 bits per heavy atom. The number of methoxy groups -OCH3 is 1. The Bertz CT molecular complexity index is 1040. The van der Waals surface area contributed by atoms with Crippen LogP contribution < -0.4 is 4.74 Å². The van der Waals surface area contributed by atoms with E-state index in [9.17, 15) is 24.2 Å². The van der Waals surface area contributed by atoms with Crippen LogP contribution in [0.15, 0.2) is 48.0 Å². The number of hydrogen-bond acceptors (Lipinski definition) is 6. The average molecular weight is 427 g/mol. The Labute approximate surface area is 178 Å². The van der Waals surface area contributed by atoms with Crippen LogP contribution in [-0.2, 0) is 14.3 Å². The number of carbonyl (C=O) groups is 2. The molecule has 0 unspecified atom stereocenters. The van der Waals surface area contributed by atoms with Gasteiger partial charge in [-0.3, -0.25) is 9.59 Å². The SMILES string of the molecule is COc1cc([C@H]2C(=C(O)c3ccc(F)cc3)C(=O)C(=O)N2C[C@H]2CCCO2)ccc1O. The molecule has 2 fully saturated rings. The summed E-state index contributed by atoms with van der Waals surface area (Å²) in [6.45, 7) is 0.764. The largest absolute Gasteiger partial charge is 0.507 e. The quantitative estimate of drug-likeness (QED) is 0.432. The fraction of sp³-hybridized carbons (Fsp3) is 0.304. The third-order valence-corrected chi connectivity index (χ3v) is 5.60. The number of ketones is 1. The van der Waals surface area contributed by atoms with Crippen molar-refractivity contribution >= 4 is 17.4 Å². The zero-order chi connectivity index (χ0) is 22.1. The second-order valence-electron chi connectivity index (χ2n) is 7.52. The molecule has 2 heterocycles. The molecule has 0 spiro atoms. The van der Waals surface area contributed by atoms with Crippen LogP contribution >= 0.6 is 0 Å². The number of amides is 1. The standard InChI is InChI=1S/C23H22FNO6/c1-30-18-11-14(6-9-17(18)26)20-19(21(27)13-4-7-15(24)8-5-13)22(28)23(29)25(20)12-16-3-2-10-31-16/h4-9,11,16,20,26-27H,2-3,10,12H2,1H3/t16-,20+/m1/s1. The van der Waals surface area contributed by atoms with Crippen LogP contribution in [0.4, 0.5) is 4.39 Å². The minimum absolute atomic E-state index is 0.0964. The first kappa shape index (κ1) is 20.9. The number of aromatic hydroxyl groups is 1. The highest BCUT2D eigenvalue weighted by Gasteiger charge is 2.47. The molecular weight excluding hydrogens is 405 g/mol. The van der Waals surface area contributed by atoms with Gasteiger partial charge in [-0.15, -0.1) is 0 Å². The predicted octanol–water partition coefficient (Wildman–Crippen LogP) is 3.14. The summed E-state index contributed by atoms with van der Waals surface area (Å²) in [5, 5.41) is 20.9. The number of phenols is 1. The molecule has 0 aliphatic carbocycles. The van der Waals surface area contributed by atoms with Gasteiger partial charge in [-0.05, 0) is 54.8 Å². The highest BCUT2D eigenvalue weighted by atomic mass is 19.1. The van der Waals surface area contributed by atoms with Crippen molar-refractivity contribution in [2.24, 2.45) is 0 Å². The number of aliphatic hydroxyl groups excluding tert-OH is 1. The molecule has 4 rings (SSSR count). The van der Waals surface area contributed by atoms with E-state index >= 15 is 0 Å². The Balaban J connectivity index is 1.85. The lowest BCUT2D eigenvalue weighted by atomic mass is 9.95. The van der Waals surface area contributed by atoms with Gasteiger partial charge in [-0.1, -0.05) is 6.07 Å². The van der Waals surface area contributed by atoms with E-state index < -0.39 is 29.3 Å². The molecule has 2 atom stereocenters. The van der Waals surface area contributed by atoms with E-state index in [0.717, 1.165) is 25.0 Å². The van der Waals surface area contributed by atoms with E-state index in [4.69, 9.17) is 9.47 Å². The van der Waals surface area contributed by atoms with Crippen molar-refractivity contribution in [3.8, 4) is 11.5 Å². The van der Waals surface area contributed by atoms with Gasteiger partial charge in [0.25, 0.3) is 11.7 Å². The maximum atomic E-state index is 13.3. The first-order chi connectivity index (χ1) is 14.9. The molecule has 2 aliphatic rings. The summed E-state index contributed by atoms with van der Waals surface area (Å²) < 4.78 is 24.2. The van der Waals surface area contributed by atoms with Crippen molar-refractivity contribution in [1.29, 1.82) is 0 Å². The fourth-order valence-corrected chi connectivity index (χ4v) is 4.05. The molecule has 2 aromatic carbocycles. The van der Waals surface area contributed by atoms with Crippen LogP contribution in [-0.4, -0.2) is 53.2 Å². The summed E-state index contributed by atoms with van der Waals surface area (Å²) in [6.07, 6.45) is 1.40. The Kier molecular flexibility index (Phi) is 5.65. The van der Waals surface area contributed by atoms with Gasteiger partial charge < -0.3 is 24.6 Å². The smallest absolute Gasteiger partial charge is 0.295 e. The summed E-state index contributed by atoms with van der Waals surface area (Å²) in [6, 6.07) is 8.58. The van der Waals surface area contributed by atoms with Crippen molar-refractivity contribution in [1.82, 2.24) is 4.90 Å². The normalized spacial score (nSPS) is 22.8. The third-order valence-electron chi connectivity index (χ3n) is 5.60. The van der Waals surface area contributed by atoms with Crippen LogP contribution in [0.5, 0.6) is 11.5 Å². The van der Waals surface area contributed by atoms with Crippen molar-refractivity contribution in [2.45, 2.75) is 25.0 Å². The number of ether oxygens (including phenoxy) is 2. The average Bonchev–Trinajstić information content (AvgIpc) is 3.37. The van der Waals surface area contributed by atoms with Gasteiger partial charge in [0, 0.05) is 18.7 Å². The number of rotatable bonds is 5. The van der Waals surface area contributed by atoms with Gasteiger partial charge in [0.15, 0.2) is 11.5 Å². The van der Waals surface area contributed by atoms with Gasteiger partial charge in [0.05, 0.1) is 24.8 Å². The van der Waals surface area contributed by atoms with E-state index in [-0.39, 0.29) is 35.3 Å². The topological polar surface area (TPSA) is 96.3 Å². The van der Waals surface area contributed by atoms with Crippen LogP contribution in [0.1, 0.15) is 30.0 Å². The summed E-state index contributed by atoms with van der Waals surface area (Å²) in [4.78, 5) is 27.3. The number of halogens is 1. The highest BCUT2D eigenvalue weighted by Crippen LogP contribution is 2.42. The lowest BCUT2D eigenvalue weighted by Crippen LogP contribution is -2.36. The molecule has 2 saturated heterocycles. The number of likely N-dealkylation sites (tertiary alicyclic amines) is 1. The van der Waals surface area contributed by atoms with Crippen LogP contribution in [0, 0.1) is 5.82 Å². The van der Waals surface area contributed by atoms with Crippen molar-refractivity contribution < 1.29 is 33.7 Å². The maximum Gasteiger partial charge on any atom is 0.295 e.